The Morgan fingerprint density at radius 3 is 2.80 bits per heavy atom. The first-order chi connectivity index (χ1) is 7.25. The SMILES string of the molecule is C[C@@H]1COCCN1Cc1ccc(I)cc1. The van der Waals surface area contributed by atoms with Gasteiger partial charge in [-0.3, -0.25) is 4.90 Å². The van der Waals surface area contributed by atoms with E-state index in [1.165, 1.54) is 9.13 Å². The summed E-state index contributed by atoms with van der Waals surface area (Å²) in [5.41, 5.74) is 1.39. The monoisotopic (exact) mass is 317 g/mol. The molecule has 2 nitrogen and oxygen atoms in total. The summed E-state index contributed by atoms with van der Waals surface area (Å²) in [5.74, 6) is 0. The van der Waals surface area contributed by atoms with Crippen molar-refractivity contribution in [2.45, 2.75) is 19.5 Å². The highest BCUT2D eigenvalue weighted by atomic mass is 127. The van der Waals surface area contributed by atoms with E-state index in [1.54, 1.807) is 0 Å². The molecule has 3 heteroatoms. The number of hydrogen-bond donors (Lipinski definition) is 0. The third-order valence-corrected chi connectivity index (χ3v) is 3.52. The summed E-state index contributed by atoms with van der Waals surface area (Å²) in [6, 6.07) is 9.30. The smallest absolute Gasteiger partial charge is 0.0619 e. The molecule has 0 aliphatic carbocycles. The van der Waals surface area contributed by atoms with Gasteiger partial charge in [-0.1, -0.05) is 12.1 Å². The fourth-order valence-corrected chi connectivity index (χ4v) is 2.18. The highest BCUT2D eigenvalue weighted by Gasteiger charge is 2.18. The molecular formula is C12H16INO. The molecule has 1 aromatic rings. The van der Waals surface area contributed by atoms with Gasteiger partial charge in [0, 0.05) is 22.7 Å². The predicted octanol–water partition coefficient (Wildman–Crippen LogP) is 2.51. The zero-order valence-corrected chi connectivity index (χ0v) is 11.1. The largest absolute Gasteiger partial charge is 0.379 e. The van der Waals surface area contributed by atoms with Gasteiger partial charge >= 0.3 is 0 Å². The second-order valence-corrected chi connectivity index (χ2v) is 5.27. The van der Waals surface area contributed by atoms with Gasteiger partial charge in [0.25, 0.3) is 0 Å². The second-order valence-electron chi connectivity index (χ2n) is 4.02. The van der Waals surface area contributed by atoms with E-state index >= 15 is 0 Å². The van der Waals surface area contributed by atoms with E-state index in [0.29, 0.717) is 6.04 Å². The van der Waals surface area contributed by atoms with Crippen LogP contribution in [0.25, 0.3) is 0 Å². The molecule has 0 N–H and O–H groups in total. The topological polar surface area (TPSA) is 12.5 Å². The number of hydrogen-bond acceptors (Lipinski definition) is 2. The summed E-state index contributed by atoms with van der Waals surface area (Å²) in [4.78, 5) is 2.48. The molecule has 1 aliphatic heterocycles. The average Bonchev–Trinajstić information content (AvgIpc) is 2.25. The molecule has 1 aromatic carbocycles. The van der Waals surface area contributed by atoms with Crippen LogP contribution in [0, 0.1) is 3.57 Å². The fraction of sp³-hybridized carbons (Fsp3) is 0.500. The van der Waals surface area contributed by atoms with Crippen LogP contribution >= 0.6 is 22.6 Å². The lowest BCUT2D eigenvalue weighted by atomic mass is 10.1. The maximum atomic E-state index is 5.43. The van der Waals surface area contributed by atoms with E-state index in [4.69, 9.17) is 4.74 Å². The predicted molar refractivity (Wildman–Crippen MR) is 69.9 cm³/mol. The van der Waals surface area contributed by atoms with Crippen LogP contribution in [0.5, 0.6) is 0 Å². The standard InChI is InChI=1S/C12H16INO/c1-10-9-15-7-6-14(10)8-11-2-4-12(13)5-3-11/h2-5,10H,6-9H2,1H3/t10-/m1/s1. The third-order valence-electron chi connectivity index (χ3n) is 2.80. The van der Waals surface area contributed by atoms with Gasteiger partial charge in [-0.2, -0.15) is 0 Å². The number of rotatable bonds is 2. The summed E-state index contributed by atoms with van der Waals surface area (Å²) in [6.07, 6.45) is 0. The summed E-state index contributed by atoms with van der Waals surface area (Å²) in [6.45, 7) is 6.06. The van der Waals surface area contributed by atoms with Crippen LogP contribution in [0.1, 0.15) is 12.5 Å². The van der Waals surface area contributed by atoms with Gasteiger partial charge in [0.1, 0.15) is 0 Å². The van der Waals surface area contributed by atoms with Crippen molar-refractivity contribution in [2.75, 3.05) is 19.8 Å². The van der Waals surface area contributed by atoms with Crippen molar-refractivity contribution < 1.29 is 4.74 Å². The van der Waals surface area contributed by atoms with Crippen LogP contribution in [-0.2, 0) is 11.3 Å². The van der Waals surface area contributed by atoms with Gasteiger partial charge in [-0.15, -0.1) is 0 Å². The Kier molecular flexibility index (Phi) is 3.99. The molecule has 1 fully saturated rings. The fourth-order valence-electron chi connectivity index (χ4n) is 1.82. The van der Waals surface area contributed by atoms with Gasteiger partial charge in [0.05, 0.1) is 13.2 Å². The van der Waals surface area contributed by atoms with Crippen molar-refractivity contribution in [1.29, 1.82) is 0 Å². The minimum absolute atomic E-state index is 0.540. The maximum Gasteiger partial charge on any atom is 0.0619 e. The van der Waals surface area contributed by atoms with Crippen LogP contribution < -0.4 is 0 Å². The van der Waals surface area contributed by atoms with E-state index in [-0.39, 0.29) is 0 Å². The maximum absolute atomic E-state index is 5.43. The van der Waals surface area contributed by atoms with Crippen molar-refractivity contribution in [3.05, 3.63) is 33.4 Å². The van der Waals surface area contributed by atoms with Crippen molar-refractivity contribution in [2.24, 2.45) is 0 Å². The number of benzene rings is 1. The normalized spacial score (nSPS) is 22.9. The quantitative estimate of drug-likeness (QED) is 0.777. The van der Waals surface area contributed by atoms with Crippen LogP contribution in [0.15, 0.2) is 24.3 Å². The lowest BCUT2D eigenvalue weighted by Crippen LogP contribution is -2.42. The molecule has 0 spiro atoms. The Hall–Kier alpha value is -0.130. The second kappa shape index (κ2) is 5.27. The molecule has 1 atom stereocenters. The molecule has 0 radical (unpaired) electrons. The summed E-state index contributed by atoms with van der Waals surface area (Å²) in [5, 5.41) is 0. The zero-order chi connectivity index (χ0) is 10.7. The summed E-state index contributed by atoms with van der Waals surface area (Å²) in [7, 11) is 0. The van der Waals surface area contributed by atoms with Gasteiger partial charge in [0.2, 0.25) is 0 Å². The number of halogens is 1. The lowest BCUT2D eigenvalue weighted by Gasteiger charge is -2.33. The number of ether oxygens (including phenoxy) is 1. The molecule has 1 aliphatic rings. The van der Waals surface area contributed by atoms with Crippen molar-refractivity contribution in [3.8, 4) is 0 Å². The van der Waals surface area contributed by atoms with Crippen LogP contribution in [0.4, 0.5) is 0 Å². The van der Waals surface area contributed by atoms with E-state index in [1.807, 2.05) is 0 Å². The van der Waals surface area contributed by atoms with Crippen molar-refractivity contribution >= 4 is 22.6 Å². The molecule has 0 aromatic heterocycles. The summed E-state index contributed by atoms with van der Waals surface area (Å²) >= 11 is 2.34. The van der Waals surface area contributed by atoms with Crippen molar-refractivity contribution in [1.82, 2.24) is 4.90 Å². The number of morpholine rings is 1. The molecular weight excluding hydrogens is 301 g/mol. The first kappa shape index (κ1) is 11.4. The highest BCUT2D eigenvalue weighted by molar-refractivity contribution is 14.1. The first-order valence-electron chi connectivity index (χ1n) is 5.32. The molecule has 0 unspecified atom stereocenters. The Balaban J connectivity index is 1.98. The molecule has 0 saturated carbocycles. The Morgan fingerprint density at radius 1 is 1.40 bits per heavy atom. The van der Waals surface area contributed by atoms with Crippen molar-refractivity contribution in [3.63, 3.8) is 0 Å². The van der Waals surface area contributed by atoms with E-state index in [0.717, 1.165) is 26.3 Å². The van der Waals surface area contributed by atoms with Crippen LogP contribution in [0.3, 0.4) is 0 Å². The Bertz CT molecular complexity index is 312. The molecule has 15 heavy (non-hydrogen) atoms. The van der Waals surface area contributed by atoms with Gasteiger partial charge < -0.3 is 4.74 Å². The van der Waals surface area contributed by atoms with Gasteiger partial charge in [0.15, 0.2) is 0 Å². The van der Waals surface area contributed by atoms with Crippen LogP contribution in [-0.4, -0.2) is 30.7 Å². The Labute approximate surface area is 105 Å². The minimum Gasteiger partial charge on any atom is -0.379 e. The first-order valence-corrected chi connectivity index (χ1v) is 6.40. The third kappa shape index (κ3) is 3.16. The number of nitrogens with zero attached hydrogens (tertiary/aromatic N) is 1. The van der Waals surface area contributed by atoms with E-state index in [2.05, 4.69) is 58.7 Å². The van der Waals surface area contributed by atoms with Gasteiger partial charge in [-0.05, 0) is 47.2 Å². The van der Waals surface area contributed by atoms with E-state index < -0.39 is 0 Å². The molecule has 0 bridgehead atoms. The lowest BCUT2D eigenvalue weighted by molar-refractivity contribution is -0.00437. The summed E-state index contributed by atoms with van der Waals surface area (Å²) < 4.78 is 6.72. The van der Waals surface area contributed by atoms with E-state index in [9.17, 15) is 0 Å². The Morgan fingerprint density at radius 2 is 2.13 bits per heavy atom. The average molecular weight is 317 g/mol. The van der Waals surface area contributed by atoms with Gasteiger partial charge in [-0.25, -0.2) is 0 Å². The molecule has 1 saturated heterocycles. The molecule has 82 valence electrons. The zero-order valence-electron chi connectivity index (χ0n) is 8.95. The molecule has 0 amide bonds. The minimum atomic E-state index is 0.540. The molecule has 2 rings (SSSR count). The highest BCUT2D eigenvalue weighted by Crippen LogP contribution is 2.13. The van der Waals surface area contributed by atoms with Crippen LogP contribution in [0.2, 0.25) is 0 Å². The molecule has 1 heterocycles.